The van der Waals surface area contributed by atoms with Gasteiger partial charge in [-0.1, -0.05) is 6.07 Å². The van der Waals surface area contributed by atoms with Gasteiger partial charge < -0.3 is 19.5 Å². The summed E-state index contributed by atoms with van der Waals surface area (Å²) in [7, 11) is 1.55. The number of rotatable bonds is 5. The molecular weight excluding hydrogens is 274 g/mol. The van der Waals surface area contributed by atoms with E-state index in [1.54, 1.807) is 38.3 Å². The summed E-state index contributed by atoms with van der Waals surface area (Å²) in [6.45, 7) is 2.08. The molecule has 6 nitrogen and oxygen atoms in total. The molecule has 2 atom stereocenters. The Kier molecular flexibility index (Phi) is 4.67. The molecule has 0 saturated carbocycles. The highest BCUT2D eigenvalue weighted by Gasteiger charge is 2.36. The van der Waals surface area contributed by atoms with Crippen LogP contribution in [0.4, 0.5) is 0 Å². The molecule has 1 saturated heterocycles. The van der Waals surface area contributed by atoms with Crippen molar-refractivity contribution in [2.45, 2.75) is 31.9 Å². The first-order chi connectivity index (χ1) is 10.0. The maximum absolute atomic E-state index is 12.3. The van der Waals surface area contributed by atoms with Gasteiger partial charge in [0, 0.05) is 12.6 Å². The van der Waals surface area contributed by atoms with Gasteiger partial charge in [-0.2, -0.15) is 0 Å². The Hall–Kier alpha value is -2.24. The summed E-state index contributed by atoms with van der Waals surface area (Å²) in [5.41, 5.74) is 0. The van der Waals surface area contributed by atoms with Crippen LogP contribution in [0.1, 0.15) is 19.8 Å². The van der Waals surface area contributed by atoms with Gasteiger partial charge in [-0.3, -0.25) is 4.79 Å². The van der Waals surface area contributed by atoms with Crippen molar-refractivity contribution in [3.05, 3.63) is 24.3 Å². The highest BCUT2D eigenvalue weighted by atomic mass is 16.5. The van der Waals surface area contributed by atoms with Gasteiger partial charge in [0.25, 0.3) is 5.91 Å². The third-order valence-corrected chi connectivity index (χ3v) is 3.52. The highest BCUT2D eigenvalue weighted by Crippen LogP contribution is 2.22. The average molecular weight is 293 g/mol. The number of hydrogen-bond acceptors (Lipinski definition) is 4. The number of aliphatic carboxylic acids is 1. The molecule has 6 heteroatoms. The van der Waals surface area contributed by atoms with Crippen molar-refractivity contribution in [3.8, 4) is 11.5 Å². The Balaban J connectivity index is 2.03. The smallest absolute Gasteiger partial charge is 0.326 e. The Morgan fingerprint density at radius 1 is 1.38 bits per heavy atom. The van der Waals surface area contributed by atoms with Crippen LogP contribution >= 0.6 is 0 Å². The summed E-state index contributed by atoms with van der Waals surface area (Å²) in [5, 5.41) is 9.12. The number of carboxylic acid groups (broad SMARTS) is 1. The molecule has 1 aromatic rings. The lowest BCUT2D eigenvalue weighted by Gasteiger charge is -2.25. The number of hydrogen-bond donors (Lipinski definition) is 1. The minimum atomic E-state index is -0.963. The Bertz CT molecular complexity index is 531. The van der Waals surface area contributed by atoms with Crippen LogP contribution in [0.15, 0.2) is 24.3 Å². The predicted octanol–water partition coefficient (Wildman–Crippen LogP) is 1.54. The first-order valence-corrected chi connectivity index (χ1v) is 6.87. The fourth-order valence-corrected chi connectivity index (χ4v) is 2.45. The summed E-state index contributed by atoms with van der Waals surface area (Å²) in [4.78, 5) is 24.8. The lowest BCUT2D eigenvalue weighted by Crippen LogP contribution is -2.46. The van der Waals surface area contributed by atoms with Crippen LogP contribution in [0.25, 0.3) is 0 Å². The minimum absolute atomic E-state index is 0.303. The fourth-order valence-electron chi connectivity index (χ4n) is 2.45. The zero-order valence-electron chi connectivity index (χ0n) is 12.1. The summed E-state index contributed by atoms with van der Waals surface area (Å²) in [6, 6.07) is 6.21. The standard InChI is InChI=1S/C15H19NO5/c1-10(21-12-6-3-5-11(9-12)20-2)14(17)16-8-4-7-13(16)15(18)19/h3,5-6,9-10,13H,4,7-8H2,1-2H3,(H,18,19). The number of carboxylic acids is 1. The van der Waals surface area contributed by atoms with E-state index in [4.69, 9.17) is 14.6 Å². The molecule has 0 spiro atoms. The van der Waals surface area contributed by atoms with Crippen LogP contribution in [0, 0.1) is 0 Å². The lowest BCUT2D eigenvalue weighted by atomic mass is 10.2. The normalized spacial score (nSPS) is 19.1. The van der Waals surface area contributed by atoms with E-state index in [0.29, 0.717) is 30.9 Å². The third kappa shape index (κ3) is 3.45. The molecule has 0 radical (unpaired) electrons. The van der Waals surface area contributed by atoms with Crippen molar-refractivity contribution in [1.82, 2.24) is 4.90 Å². The van der Waals surface area contributed by atoms with Crippen molar-refractivity contribution in [2.24, 2.45) is 0 Å². The Morgan fingerprint density at radius 3 is 2.76 bits per heavy atom. The molecule has 1 fully saturated rings. The molecule has 1 amide bonds. The molecule has 0 aliphatic carbocycles. The summed E-state index contributed by atoms with van der Waals surface area (Å²) in [5.74, 6) is -0.116. The SMILES string of the molecule is COc1cccc(OC(C)C(=O)N2CCCC2C(=O)O)c1. The zero-order chi connectivity index (χ0) is 15.4. The number of carbonyl (C=O) groups excluding carboxylic acids is 1. The molecule has 0 bridgehead atoms. The van der Waals surface area contributed by atoms with Crippen LogP contribution < -0.4 is 9.47 Å². The maximum atomic E-state index is 12.3. The topological polar surface area (TPSA) is 76.1 Å². The summed E-state index contributed by atoms with van der Waals surface area (Å²) >= 11 is 0. The predicted molar refractivity (Wildman–Crippen MR) is 75.5 cm³/mol. The summed E-state index contributed by atoms with van der Waals surface area (Å²) < 4.78 is 10.7. The van der Waals surface area contributed by atoms with E-state index < -0.39 is 18.1 Å². The van der Waals surface area contributed by atoms with Crippen molar-refractivity contribution >= 4 is 11.9 Å². The van der Waals surface area contributed by atoms with Crippen LogP contribution in [0.3, 0.4) is 0 Å². The van der Waals surface area contributed by atoms with Gasteiger partial charge in [-0.15, -0.1) is 0 Å². The fraction of sp³-hybridized carbons (Fsp3) is 0.467. The van der Waals surface area contributed by atoms with E-state index in [9.17, 15) is 9.59 Å². The Labute approximate surface area is 123 Å². The number of nitrogens with zero attached hydrogens (tertiary/aromatic N) is 1. The van der Waals surface area contributed by atoms with Crippen LogP contribution in [0.5, 0.6) is 11.5 Å². The lowest BCUT2D eigenvalue weighted by molar-refractivity contribution is -0.150. The van der Waals surface area contributed by atoms with E-state index in [-0.39, 0.29) is 5.91 Å². The quantitative estimate of drug-likeness (QED) is 0.891. The molecule has 2 rings (SSSR count). The number of methoxy groups -OCH3 is 1. The molecule has 114 valence electrons. The Morgan fingerprint density at radius 2 is 2.10 bits per heavy atom. The second kappa shape index (κ2) is 6.47. The maximum Gasteiger partial charge on any atom is 0.326 e. The van der Waals surface area contributed by atoms with Gasteiger partial charge in [-0.05, 0) is 31.9 Å². The highest BCUT2D eigenvalue weighted by molar-refractivity contribution is 5.87. The van der Waals surface area contributed by atoms with E-state index in [0.717, 1.165) is 0 Å². The van der Waals surface area contributed by atoms with Gasteiger partial charge in [0.15, 0.2) is 6.10 Å². The number of likely N-dealkylation sites (tertiary alicyclic amines) is 1. The second-order valence-electron chi connectivity index (χ2n) is 4.97. The summed E-state index contributed by atoms with van der Waals surface area (Å²) in [6.07, 6.45) is 0.457. The van der Waals surface area contributed by atoms with Gasteiger partial charge in [-0.25, -0.2) is 4.79 Å². The second-order valence-corrected chi connectivity index (χ2v) is 4.97. The van der Waals surface area contributed by atoms with Crippen LogP contribution in [-0.2, 0) is 9.59 Å². The van der Waals surface area contributed by atoms with Gasteiger partial charge in [0.2, 0.25) is 0 Å². The van der Waals surface area contributed by atoms with E-state index in [2.05, 4.69) is 0 Å². The molecule has 1 heterocycles. The molecular formula is C15H19NO5. The van der Waals surface area contributed by atoms with E-state index in [1.807, 2.05) is 0 Å². The monoisotopic (exact) mass is 293 g/mol. The zero-order valence-corrected chi connectivity index (χ0v) is 12.1. The van der Waals surface area contributed by atoms with Gasteiger partial charge >= 0.3 is 5.97 Å². The largest absolute Gasteiger partial charge is 0.497 e. The van der Waals surface area contributed by atoms with Crippen LogP contribution in [-0.4, -0.2) is 47.7 Å². The van der Waals surface area contributed by atoms with Crippen molar-refractivity contribution < 1.29 is 24.2 Å². The molecule has 1 aliphatic rings. The van der Waals surface area contributed by atoms with E-state index in [1.165, 1.54) is 4.90 Å². The van der Waals surface area contributed by atoms with E-state index >= 15 is 0 Å². The van der Waals surface area contributed by atoms with Crippen molar-refractivity contribution in [1.29, 1.82) is 0 Å². The molecule has 1 aromatic carbocycles. The molecule has 0 aromatic heterocycles. The number of amides is 1. The molecule has 1 N–H and O–H groups in total. The van der Waals surface area contributed by atoms with Crippen molar-refractivity contribution in [2.75, 3.05) is 13.7 Å². The average Bonchev–Trinajstić information content (AvgIpc) is 2.96. The van der Waals surface area contributed by atoms with Crippen molar-refractivity contribution in [3.63, 3.8) is 0 Å². The minimum Gasteiger partial charge on any atom is -0.497 e. The van der Waals surface area contributed by atoms with Gasteiger partial charge in [0.1, 0.15) is 17.5 Å². The first kappa shape index (κ1) is 15.2. The third-order valence-electron chi connectivity index (χ3n) is 3.52. The number of carbonyl (C=O) groups is 2. The number of benzene rings is 1. The van der Waals surface area contributed by atoms with Gasteiger partial charge in [0.05, 0.1) is 7.11 Å². The molecule has 21 heavy (non-hydrogen) atoms. The molecule has 2 unspecified atom stereocenters. The molecule has 1 aliphatic heterocycles. The number of ether oxygens (including phenoxy) is 2. The van der Waals surface area contributed by atoms with Crippen LogP contribution in [0.2, 0.25) is 0 Å². The first-order valence-electron chi connectivity index (χ1n) is 6.87.